The normalized spacial score (nSPS) is 13.9. The Kier molecular flexibility index (Phi) is 5.12. The van der Waals surface area contributed by atoms with E-state index >= 15 is 0 Å². The fraction of sp³-hybridized carbons (Fsp3) is 0.462. The highest BCUT2D eigenvalue weighted by Gasteiger charge is 2.21. The molecule has 1 aromatic carbocycles. The molecular weight excluding hydrogens is 232 g/mol. The minimum absolute atomic E-state index is 0.180. The number of nitrogen functional groups attached to an aromatic ring is 1. The number of nitrogens with two attached hydrogens (primary N) is 1. The Bertz CT molecular complexity index is 388. The summed E-state index contributed by atoms with van der Waals surface area (Å²) in [5, 5.41) is 12.7. The molecule has 1 amide bonds. The molecule has 1 atom stereocenters. The zero-order valence-corrected chi connectivity index (χ0v) is 10.8. The Morgan fingerprint density at radius 2 is 2.06 bits per heavy atom. The molecule has 0 aliphatic carbocycles. The maximum atomic E-state index is 11.8. The van der Waals surface area contributed by atoms with Gasteiger partial charge in [0.25, 0.3) is 5.91 Å². The van der Waals surface area contributed by atoms with Gasteiger partial charge in [-0.05, 0) is 31.2 Å². The fourth-order valence-electron chi connectivity index (χ4n) is 1.42. The molecule has 0 saturated carbocycles. The SMILES string of the molecule is COCCC(C)(O)CNC(=O)c1ccc(N)cc1. The monoisotopic (exact) mass is 252 g/mol. The Morgan fingerprint density at radius 1 is 1.44 bits per heavy atom. The van der Waals surface area contributed by atoms with Gasteiger partial charge in [-0.1, -0.05) is 0 Å². The van der Waals surface area contributed by atoms with Gasteiger partial charge in [-0.15, -0.1) is 0 Å². The average Bonchev–Trinajstić information content (AvgIpc) is 2.35. The summed E-state index contributed by atoms with van der Waals surface area (Å²) in [6, 6.07) is 6.62. The van der Waals surface area contributed by atoms with Crippen LogP contribution in [0.1, 0.15) is 23.7 Å². The van der Waals surface area contributed by atoms with Gasteiger partial charge in [0.2, 0.25) is 0 Å². The van der Waals surface area contributed by atoms with Crippen molar-refractivity contribution in [1.29, 1.82) is 0 Å². The van der Waals surface area contributed by atoms with Crippen molar-refractivity contribution in [3.63, 3.8) is 0 Å². The molecule has 18 heavy (non-hydrogen) atoms. The molecule has 0 fully saturated rings. The lowest BCUT2D eigenvalue weighted by Gasteiger charge is -2.23. The minimum atomic E-state index is -0.973. The highest BCUT2D eigenvalue weighted by atomic mass is 16.5. The number of hydrogen-bond acceptors (Lipinski definition) is 4. The van der Waals surface area contributed by atoms with E-state index in [-0.39, 0.29) is 12.5 Å². The molecule has 100 valence electrons. The van der Waals surface area contributed by atoms with Crippen LogP contribution in [0.4, 0.5) is 5.69 Å². The molecule has 0 heterocycles. The van der Waals surface area contributed by atoms with Crippen molar-refractivity contribution >= 4 is 11.6 Å². The molecule has 0 saturated heterocycles. The molecule has 1 aromatic rings. The summed E-state index contributed by atoms with van der Waals surface area (Å²) in [5.74, 6) is -0.229. The molecule has 0 bridgehead atoms. The van der Waals surface area contributed by atoms with E-state index in [4.69, 9.17) is 10.5 Å². The van der Waals surface area contributed by atoms with Crippen LogP contribution in [-0.4, -0.2) is 36.9 Å². The van der Waals surface area contributed by atoms with Crippen LogP contribution in [0.15, 0.2) is 24.3 Å². The van der Waals surface area contributed by atoms with E-state index in [9.17, 15) is 9.90 Å². The van der Waals surface area contributed by atoms with Crippen LogP contribution in [0.25, 0.3) is 0 Å². The van der Waals surface area contributed by atoms with Gasteiger partial charge in [-0.3, -0.25) is 4.79 Å². The van der Waals surface area contributed by atoms with Gasteiger partial charge < -0.3 is 20.9 Å². The van der Waals surface area contributed by atoms with Crippen molar-refractivity contribution in [3.8, 4) is 0 Å². The number of ether oxygens (including phenoxy) is 1. The summed E-state index contributed by atoms with van der Waals surface area (Å²) in [4.78, 5) is 11.8. The minimum Gasteiger partial charge on any atom is -0.399 e. The number of benzene rings is 1. The second-order valence-corrected chi connectivity index (χ2v) is 4.54. The van der Waals surface area contributed by atoms with Gasteiger partial charge in [0, 0.05) is 37.9 Å². The Labute approximate surface area is 107 Å². The number of amides is 1. The zero-order chi connectivity index (χ0) is 13.6. The van der Waals surface area contributed by atoms with Gasteiger partial charge in [-0.2, -0.15) is 0 Å². The second kappa shape index (κ2) is 6.37. The molecule has 0 aliphatic rings. The van der Waals surface area contributed by atoms with E-state index in [1.165, 1.54) is 0 Å². The predicted molar refractivity (Wildman–Crippen MR) is 70.3 cm³/mol. The van der Waals surface area contributed by atoms with Gasteiger partial charge in [0.15, 0.2) is 0 Å². The van der Waals surface area contributed by atoms with Crippen LogP contribution in [0.5, 0.6) is 0 Å². The van der Waals surface area contributed by atoms with Crippen molar-refractivity contribution in [1.82, 2.24) is 5.32 Å². The molecule has 5 heteroatoms. The fourth-order valence-corrected chi connectivity index (χ4v) is 1.42. The number of rotatable bonds is 6. The van der Waals surface area contributed by atoms with Crippen LogP contribution in [0.3, 0.4) is 0 Å². The number of hydrogen-bond donors (Lipinski definition) is 3. The van der Waals surface area contributed by atoms with E-state index in [0.717, 1.165) is 0 Å². The van der Waals surface area contributed by atoms with Gasteiger partial charge >= 0.3 is 0 Å². The smallest absolute Gasteiger partial charge is 0.251 e. The van der Waals surface area contributed by atoms with E-state index in [1.807, 2.05) is 0 Å². The number of nitrogens with one attached hydrogen (secondary N) is 1. The van der Waals surface area contributed by atoms with Crippen molar-refractivity contribution in [2.45, 2.75) is 18.9 Å². The number of aliphatic hydroxyl groups is 1. The summed E-state index contributed by atoms with van der Waals surface area (Å²) in [5.41, 5.74) is 5.70. The molecule has 1 rings (SSSR count). The quantitative estimate of drug-likeness (QED) is 0.653. The lowest BCUT2D eigenvalue weighted by Crippen LogP contribution is -2.41. The Balaban J connectivity index is 2.48. The van der Waals surface area contributed by atoms with Crippen molar-refractivity contribution in [2.24, 2.45) is 0 Å². The summed E-state index contributed by atoms with van der Waals surface area (Å²) in [6.45, 7) is 2.29. The van der Waals surface area contributed by atoms with Crippen LogP contribution in [0.2, 0.25) is 0 Å². The van der Waals surface area contributed by atoms with Crippen molar-refractivity contribution in [3.05, 3.63) is 29.8 Å². The molecule has 0 radical (unpaired) electrons. The highest BCUT2D eigenvalue weighted by molar-refractivity contribution is 5.94. The summed E-state index contributed by atoms with van der Waals surface area (Å²) in [7, 11) is 1.57. The lowest BCUT2D eigenvalue weighted by atomic mass is 10.0. The van der Waals surface area contributed by atoms with Crippen LogP contribution in [-0.2, 0) is 4.74 Å². The van der Waals surface area contributed by atoms with Gasteiger partial charge in [0.1, 0.15) is 0 Å². The summed E-state index contributed by atoms with van der Waals surface area (Å²) < 4.78 is 4.90. The van der Waals surface area contributed by atoms with Gasteiger partial charge in [-0.25, -0.2) is 0 Å². The van der Waals surface area contributed by atoms with E-state index < -0.39 is 5.60 Å². The predicted octanol–water partition coefficient (Wildman–Crippen LogP) is 0.786. The number of anilines is 1. The summed E-state index contributed by atoms with van der Waals surface area (Å²) >= 11 is 0. The maximum absolute atomic E-state index is 11.8. The topological polar surface area (TPSA) is 84.6 Å². The molecule has 0 aliphatic heterocycles. The maximum Gasteiger partial charge on any atom is 0.251 e. The first kappa shape index (κ1) is 14.5. The molecule has 0 aromatic heterocycles. The first-order chi connectivity index (χ1) is 8.44. The Hall–Kier alpha value is -1.59. The average molecular weight is 252 g/mol. The largest absolute Gasteiger partial charge is 0.399 e. The first-order valence-electron chi connectivity index (χ1n) is 5.80. The lowest BCUT2D eigenvalue weighted by molar-refractivity contribution is 0.0243. The zero-order valence-electron chi connectivity index (χ0n) is 10.8. The molecule has 1 unspecified atom stereocenters. The summed E-state index contributed by atoms with van der Waals surface area (Å²) in [6.07, 6.45) is 0.464. The van der Waals surface area contributed by atoms with Crippen LogP contribution < -0.4 is 11.1 Å². The van der Waals surface area contributed by atoms with Gasteiger partial charge in [0.05, 0.1) is 5.60 Å². The number of carbonyl (C=O) groups excluding carboxylic acids is 1. The van der Waals surface area contributed by atoms with E-state index in [1.54, 1.807) is 38.3 Å². The molecular formula is C13H20N2O3. The van der Waals surface area contributed by atoms with Crippen LogP contribution in [0, 0.1) is 0 Å². The second-order valence-electron chi connectivity index (χ2n) is 4.54. The third-order valence-corrected chi connectivity index (χ3v) is 2.65. The third-order valence-electron chi connectivity index (χ3n) is 2.65. The molecule has 5 nitrogen and oxygen atoms in total. The van der Waals surface area contributed by atoms with E-state index in [2.05, 4.69) is 5.32 Å². The number of methoxy groups -OCH3 is 1. The van der Waals surface area contributed by atoms with Crippen molar-refractivity contribution < 1.29 is 14.6 Å². The molecule has 0 spiro atoms. The first-order valence-corrected chi connectivity index (χ1v) is 5.80. The third kappa shape index (κ3) is 4.73. The van der Waals surface area contributed by atoms with Crippen molar-refractivity contribution in [2.75, 3.05) is 26.0 Å². The molecule has 4 N–H and O–H groups in total. The van der Waals surface area contributed by atoms with E-state index in [0.29, 0.717) is 24.3 Å². The number of carbonyl (C=O) groups is 1. The Morgan fingerprint density at radius 3 is 2.61 bits per heavy atom. The highest BCUT2D eigenvalue weighted by Crippen LogP contribution is 2.09. The standard InChI is InChI=1S/C13H20N2O3/c1-13(17,7-8-18-2)9-15-12(16)10-3-5-11(14)6-4-10/h3-6,17H,7-9,14H2,1-2H3,(H,15,16). The van der Waals surface area contributed by atoms with Crippen LogP contribution >= 0.6 is 0 Å².